The molecule has 12 heavy (non-hydrogen) atoms. The van der Waals surface area contributed by atoms with Gasteiger partial charge in [-0.05, 0) is 16.9 Å². The summed E-state index contributed by atoms with van der Waals surface area (Å²) in [7, 11) is 0. The predicted molar refractivity (Wildman–Crippen MR) is 56.2 cm³/mol. The molecule has 0 aliphatic heterocycles. The Morgan fingerprint density at radius 3 is 2.25 bits per heavy atom. The normalized spacial score (nSPS) is 10.2. The van der Waals surface area contributed by atoms with E-state index in [4.69, 9.17) is 5.73 Å². The Bertz CT molecular complexity index is 218. The Morgan fingerprint density at radius 2 is 1.75 bits per heavy atom. The predicted octanol–water partition coefficient (Wildman–Crippen LogP) is 2.40. The molecule has 2 heteroatoms. The van der Waals surface area contributed by atoms with Crippen molar-refractivity contribution < 1.29 is 0 Å². The summed E-state index contributed by atoms with van der Waals surface area (Å²) < 4.78 is 0. The molecule has 0 aliphatic carbocycles. The van der Waals surface area contributed by atoms with E-state index in [1.54, 1.807) is 0 Å². The quantitative estimate of drug-likeness (QED) is 0.772. The van der Waals surface area contributed by atoms with E-state index < -0.39 is 0 Å². The van der Waals surface area contributed by atoms with Crippen LogP contribution in [0.3, 0.4) is 0 Å². The third kappa shape index (κ3) is 2.88. The maximum absolute atomic E-state index is 5.49. The summed E-state index contributed by atoms with van der Waals surface area (Å²) in [4.78, 5) is 0. The zero-order chi connectivity index (χ0) is 8.81. The van der Waals surface area contributed by atoms with Crippen molar-refractivity contribution in [1.82, 2.24) is 0 Å². The Morgan fingerprint density at radius 1 is 1.17 bits per heavy atom. The van der Waals surface area contributed by atoms with Gasteiger partial charge in [0.25, 0.3) is 0 Å². The molecule has 0 saturated carbocycles. The smallest absolute Gasteiger partial charge is 0.0184 e. The summed E-state index contributed by atoms with van der Waals surface area (Å²) in [6.45, 7) is 2.82. The standard InChI is InChI=1S/C10H15NS/c1-2-12-8-10-5-3-9(7-11)4-6-10/h3-6H,2,7-8,11H2,1H3. The average Bonchev–Trinajstić information content (AvgIpc) is 2.15. The number of hydrogen-bond donors (Lipinski definition) is 1. The molecular formula is C10H15NS. The number of benzene rings is 1. The van der Waals surface area contributed by atoms with E-state index in [0.717, 1.165) is 5.75 Å². The number of nitrogens with two attached hydrogens (primary N) is 1. The summed E-state index contributed by atoms with van der Waals surface area (Å²) in [5, 5.41) is 0. The monoisotopic (exact) mass is 181 g/mol. The zero-order valence-electron chi connectivity index (χ0n) is 7.42. The van der Waals surface area contributed by atoms with Gasteiger partial charge >= 0.3 is 0 Å². The maximum atomic E-state index is 5.49. The lowest BCUT2D eigenvalue weighted by atomic mass is 10.1. The van der Waals surface area contributed by atoms with Crippen molar-refractivity contribution in [2.75, 3.05) is 5.75 Å². The van der Waals surface area contributed by atoms with Crippen LogP contribution in [0.1, 0.15) is 18.1 Å². The van der Waals surface area contributed by atoms with Crippen molar-refractivity contribution in [3.63, 3.8) is 0 Å². The molecule has 0 atom stereocenters. The minimum Gasteiger partial charge on any atom is -0.326 e. The fourth-order valence-corrected chi connectivity index (χ4v) is 1.62. The van der Waals surface area contributed by atoms with Gasteiger partial charge in [0.1, 0.15) is 0 Å². The van der Waals surface area contributed by atoms with Crippen LogP contribution in [-0.2, 0) is 12.3 Å². The summed E-state index contributed by atoms with van der Waals surface area (Å²) >= 11 is 1.94. The van der Waals surface area contributed by atoms with Crippen molar-refractivity contribution in [1.29, 1.82) is 0 Å². The summed E-state index contributed by atoms with van der Waals surface area (Å²) in [6.07, 6.45) is 0. The molecule has 0 heterocycles. The van der Waals surface area contributed by atoms with E-state index in [2.05, 4.69) is 31.2 Å². The molecule has 0 aromatic heterocycles. The third-order valence-electron chi connectivity index (χ3n) is 1.73. The van der Waals surface area contributed by atoms with Gasteiger partial charge in [-0.15, -0.1) is 0 Å². The SMILES string of the molecule is CCSCc1ccc(CN)cc1. The molecule has 0 saturated heterocycles. The Labute approximate surface area is 78.4 Å². The molecule has 0 unspecified atom stereocenters. The summed E-state index contributed by atoms with van der Waals surface area (Å²) in [5.41, 5.74) is 8.09. The van der Waals surface area contributed by atoms with Crippen LogP contribution in [0.5, 0.6) is 0 Å². The molecule has 0 fully saturated rings. The molecule has 2 N–H and O–H groups in total. The molecule has 1 aromatic carbocycles. The van der Waals surface area contributed by atoms with Gasteiger partial charge in [-0.2, -0.15) is 11.8 Å². The van der Waals surface area contributed by atoms with Gasteiger partial charge in [-0.25, -0.2) is 0 Å². The highest BCUT2D eigenvalue weighted by Gasteiger charge is 1.92. The Hall–Kier alpha value is -0.470. The second kappa shape index (κ2) is 5.22. The first kappa shape index (κ1) is 9.62. The minimum atomic E-state index is 0.640. The van der Waals surface area contributed by atoms with Gasteiger partial charge in [0.2, 0.25) is 0 Å². The molecule has 0 bridgehead atoms. The van der Waals surface area contributed by atoms with E-state index in [-0.39, 0.29) is 0 Å². The van der Waals surface area contributed by atoms with Crippen LogP contribution in [0, 0.1) is 0 Å². The van der Waals surface area contributed by atoms with E-state index >= 15 is 0 Å². The van der Waals surface area contributed by atoms with Crippen LogP contribution < -0.4 is 5.73 Å². The third-order valence-corrected chi connectivity index (χ3v) is 2.68. The van der Waals surface area contributed by atoms with E-state index in [9.17, 15) is 0 Å². The number of rotatable bonds is 4. The molecule has 66 valence electrons. The first-order chi connectivity index (χ1) is 5.86. The van der Waals surface area contributed by atoms with Crippen molar-refractivity contribution >= 4 is 11.8 Å². The maximum Gasteiger partial charge on any atom is 0.0184 e. The number of thioether (sulfide) groups is 1. The zero-order valence-corrected chi connectivity index (χ0v) is 8.23. The van der Waals surface area contributed by atoms with Gasteiger partial charge in [-0.1, -0.05) is 31.2 Å². The van der Waals surface area contributed by atoms with E-state index in [1.807, 2.05) is 11.8 Å². The largest absolute Gasteiger partial charge is 0.326 e. The number of hydrogen-bond acceptors (Lipinski definition) is 2. The lowest BCUT2D eigenvalue weighted by Crippen LogP contribution is -1.95. The van der Waals surface area contributed by atoms with Crippen LogP contribution in [0.4, 0.5) is 0 Å². The van der Waals surface area contributed by atoms with Crippen molar-refractivity contribution in [3.05, 3.63) is 35.4 Å². The Kier molecular flexibility index (Phi) is 4.19. The highest BCUT2D eigenvalue weighted by Crippen LogP contribution is 2.12. The fourth-order valence-electron chi connectivity index (χ4n) is 0.991. The van der Waals surface area contributed by atoms with Gasteiger partial charge in [-0.3, -0.25) is 0 Å². The van der Waals surface area contributed by atoms with E-state index in [0.29, 0.717) is 6.54 Å². The second-order valence-electron chi connectivity index (χ2n) is 2.66. The highest BCUT2D eigenvalue weighted by atomic mass is 32.2. The fraction of sp³-hybridized carbons (Fsp3) is 0.400. The molecule has 0 amide bonds. The topological polar surface area (TPSA) is 26.0 Å². The van der Waals surface area contributed by atoms with Gasteiger partial charge in [0, 0.05) is 12.3 Å². The molecule has 1 aromatic rings. The summed E-state index contributed by atoms with van der Waals surface area (Å²) in [5.74, 6) is 2.29. The van der Waals surface area contributed by atoms with E-state index in [1.165, 1.54) is 16.9 Å². The van der Waals surface area contributed by atoms with Crippen molar-refractivity contribution in [3.8, 4) is 0 Å². The summed E-state index contributed by atoms with van der Waals surface area (Å²) in [6, 6.07) is 8.52. The molecule has 0 spiro atoms. The Balaban J connectivity index is 2.53. The highest BCUT2D eigenvalue weighted by molar-refractivity contribution is 7.98. The second-order valence-corrected chi connectivity index (χ2v) is 3.93. The molecular weight excluding hydrogens is 166 g/mol. The van der Waals surface area contributed by atoms with Crippen LogP contribution in [0.15, 0.2) is 24.3 Å². The lowest BCUT2D eigenvalue weighted by Gasteiger charge is -2.00. The lowest BCUT2D eigenvalue weighted by molar-refractivity contribution is 1.07. The van der Waals surface area contributed by atoms with Gasteiger partial charge in [0.05, 0.1) is 0 Å². The van der Waals surface area contributed by atoms with Crippen molar-refractivity contribution in [2.24, 2.45) is 5.73 Å². The molecule has 0 aliphatic rings. The first-order valence-corrected chi connectivity index (χ1v) is 5.38. The minimum absolute atomic E-state index is 0.640. The molecule has 1 rings (SSSR count). The van der Waals surface area contributed by atoms with Crippen LogP contribution in [0.25, 0.3) is 0 Å². The van der Waals surface area contributed by atoms with Crippen molar-refractivity contribution in [2.45, 2.75) is 19.2 Å². The van der Waals surface area contributed by atoms with Gasteiger partial charge in [0.15, 0.2) is 0 Å². The van der Waals surface area contributed by atoms with Crippen LogP contribution >= 0.6 is 11.8 Å². The average molecular weight is 181 g/mol. The first-order valence-electron chi connectivity index (χ1n) is 4.22. The molecule has 0 radical (unpaired) electrons. The van der Waals surface area contributed by atoms with Gasteiger partial charge < -0.3 is 5.73 Å². The van der Waals surface area contributed by atoms with Crippen LogP contribution in [-0.4, -0.2) is 5.75 Å². The molecule has 1 nitrogen and oxygen atoms in total. The van der Waals surface area contributed by atoms with Crippen LogP contribution in [0.2, 0.25) is 0 Å².